The zero-order valence-corrected chi connectivity index (χ0v) is 11.6. The standard InChI is InChI=1S/C16H18OS/c1-16(2)9-12(8-13(17)10-16)14-5-3-4-11-6-7-18-15(11)14/h3-8,13,17H,9-10H2,1-2H3. The Morgan fingerprint density at radius 2 is 2.11 bits per heavy atom. The molecule has 1 aliphatic rings. The van der Waals surface area contributed by atoms with Gasteiger partial charge in [-0.15, -0.1) is 11.3 Å². The van der Waals surface area contributed by atoms with Crippen LogP contribution in [0.15, 0.2) is 35.7 Å². The number of fused-ring (bicyclic) bond motifs is 1. The normalized spacial score (nSPS) is 23.1. The molecule has 1 N–H and O–H groups in total. The molecule has 0 bridgehead atoms. The second-order valence-corrected chi connectivity index (χ2v) is 6.87. The molecule has 0 amide bonds. The molecule has 1 aromatic heterocycles. The van der Waals surface area contributed by atoms with Gasteiger partial charge in [0, 0.05) is 4.70 Å². The number of rotatable bonds is 1. The lowest BCUT2D eigenvalue weighted by atomic mass is 9.74. The molecule has 1 atom stereocenters. The third-order valence-electron chi connectivity index (χ3n) is 3.65. The molecular formula is C16H18OS. The number of hydrogen-bond acceptors (Lipinski definition) is 2. The molecular weight excluding hydrogens is 240 g/mol. The molecule has 0 saturated heterocycles. The van der Waals surface area contributed by atoms with Crippen molar-refractivity contribution >= 4 is 27.0 Å². The van der Waals surface area contributed by atoms with E-state index in [1.54, 1.807) is 11.3 Å². The Hall–Kier alpha value is -1.12. The van der Waals surface area contributed by atoms with Crippen LogP contribution in [0.5, 0.6) is 0 Å². The number of aliphatic hydroxyl groups is 1. The van der Waals surface area contributed by atoms with Gasteiger partial charge in [0.1, 0.15) is 0 Å². The van der Waals surface area contributed by atoms with Crippen LogP contribution in [0.4, 0.5) is 0 Å². The van der Waals surface area contributed by atoms with Gasteiger partial charge in [0.15, 0.2) is 0 Å². The highest BCUT2D eigenvalue weighted by Gasteiger charge is 2.28. The lowest BCUT2D eigenvalue weighted by Gasteiger charge is -2.32. The Labute approximate surface area is 112 Å². The molecule has 1 aromatic carbocycles. The summed E-state index contributed by atoms with van der Waals surface area (Å²) in [6.45, 7) is 4.47. The summed E-state index contributed by atoms with van der Waals surface area (Å²) in [4.78, 5) is 0. The van der Waals surface area contributed by atoms with Crippen molar-refractivity contribution in [1.29, 1.82) is 0 Å². The van der Waals surface area contributed by atoms with Crippen molar-refractivity contribution in [2.24, 2.45) is 5.41 Å². The van der Waals surface area contributed by atoms with Gasteiger partial charge in [-0.3, -0.25) is 0 Å². The maximum Gasteiger partial charge on any atom is 0.0732 e. The fourth-order valence-electron chi connectivity index (χ4n) is 2.93. The molecule has 1 unspecified atom stereocenters. The number of allylic oxidation sites excluding steroid dienone is 1. The number of hydrogen-bond donors (Lipinski definition) is 1. The Kier molecular flexibility index (Phi) is 2.80. The number of aliphatic hydroxyl groups excluding tert-OH is 1. The smallest absolute Gasteiger partial charge is 0.0732 e. The molecule has 0 spiro atoms. The van der Waals surface area contributed by atoms with Crippen LogP contribution >= 0.6 is 11.3 Å². The van der Waals surface area contributed by atoms with Crippen molar-refractivity contribution < 1.29 is 5.11 Å². The van der Waals surface area contributed by atoms with E-state index in [9.17, 15) is 5.11 Å². The zero-order valence-electron chi connectivity index (χ0n) is 10.8. The Balaban J connectivity index is 2.12. The highest BCUT2D eigenvalue weighted by atomic mass is 32.1. The van der Waals surface area contributed by atoms with E-state index in [1.807, 2.05) is 6.08 Å². The Morgan fingerprint density at radius 1 is 1.28 bits per heavy atom. The third-order valence-corrected chi connectivity index (χ3v) is 4.61. The van der Waals surface area contributed by atoms with Crippen LogP contribution in [0.2, 0.25) is 0 Å². The highest BCUT2D eigenvalue weighted by molar-refractivity contribution is 7.17. The summed E-state index contributed by atoms with van der Waals surface area (Å²) >= 11 is 1.79. The van der Waals surface area contributed by atoms with Gasteiger partial charge < -0.3 is 5.11 Å². The van der Waals surface area contributed by atoms with E-state index in [2.05, 4.69) is 43.5 Å². The van der Waals surface area contributed by atoms with Gasteiger partial charge in [0.2, 0.25) is 0 Å². The molecule has 1 nitrogen and oxygen atoms in total. The molecule has 18 heavy (non-hydrogen) atoms. The molecule has 0 fully saturated rings. The first-order valence-corrected chi connectivity index (χ1v) is 7.28. The van der Waals surface area contributed by atoms with Crippen molar-refractivity contribution in [3.63, 3.8) is 0 Å². The maximum absolute atomic E-state index is 10.0. The molecule has 1 heterocycles. The van der Waals surface area contributed by atoms with Gasteiger partial charge in [-0.05, 0) is 46.2 Å². The van der Waals surface area contributed by atoms with E-state index in [4.69, 9.17) is 0 Å². The Morgan fingerprint density at radius 3 is 2.89 bits per heavy atom. The van der Waals surface area contributed by atoms with E-state index < -0.39 is 0 Å². The predicted octanol–water partition coefficient (Wildman–Crippen LogP) is 4.47. The van der Waals surface area contributed by atoms with Crippen molar-refractivity contribution in [2.75, 3.05) is 0 Å². The van der Waals surface area contributed by atoms with Crippen LogP contribution in [0, 0.1) is 5.41 Å². The summed E-state index contributed by atoms with van der Waals surface area (Å²) in [5.41, 5.74) is 2.78. The second kappa shape index (κ2) is 4.22. The third kappa shape index (κ3) is 2.11. The van der Waals surface area contributed by atoms with Gasteiger partial charge in [0.25, 0.3) is 0 Å². The zero-order chi connectivity index (χ0) is 12.8. The van der Waals surface area contributed by atoms with Gasteiger partial charge in [-0.1, -0.05) is 38.1 Å². The quantitative estimate of drug-likeness (QED) is 0.800. The molecule has 3 rings (SSSR count). The fraction of sp³-hybridized carbons (Fsp3) is 0.375. The summed E-state index contributed by atoms with van der Waals surface area (Å²) in [7, 11) is 0. The summed E-state index contributed by atoms with van der Waals surface area (Å²) < 4.78 is 1.34. The van der Waals surface area contributed by atoms with Crippen LogP contribution in [0.3, 0.4) is 0 Å². The summed E-state index contributed by atoms with van der Waals surface area (Å²) in [6.07, 6.45) is 3.64. The summed E-state index contributed by atoms with van der Waals surface area (Å²) in [5.74, 6) is 0. The fourth-order valence-corrected chi connectivity index (χ4v) is 3.88. The molecule has 0 aliphatic heterocycles. The van der Waals surface area contributed by atoms with Gasteiger partial charge in [-0.2, -0.15) is 0 Å². The van der Waals surface area contributed by atoms with E-state index in [1.165, 1.54) is 21.2 Å². The van der Waals surface area contributed by atoms with Crippen molar-refractivity contribution in [3.05, 3.63) is 41.3 Å². The predicted molar refractivity (Wildman–Crippen MR) is 78.8 cm³/mol. The maximum atomic E-state index is 10.0. The highest BCUT2D eigenvalue weighted by Crippen LogP contribution is 2.42. The molecule has 0 radical (unpaired) electrons. The lowest BCUT2D eigenvalue weighted by Crippen LogP contribution is -2.24. The molecule has 0 saturated carbocycles. The Bertz CT molecular complexity index is 606. The molecule has 1 aliphatic carbocycles. The number of benzene rings is 1. The van der Waals surface area contributed by atoms with Crippen molar-refractivity contribution in [3.8, 4) is 0 Å². The topological polar surface area (TPSA) is 20.2 Å². The molecule has 2 aromatic rings. The van der Waals surface area contributed by atoms with E-state index in [0.29, 0.717) is 0 Å². The average molecular weight is 258 g/mol. The number of thiophene rings is 1. The first kappa shape index (κ1) is 11.9. The van der Waals surface area contributed by atoms with E-state index in [-0.39, 0.29) is 11.5 Å². The SMILES string of the molecule is CC1(C)CC(c2cccc3ccsc23)=CC(O)C1. The van der Waals surface area contributed by atoms with Gasteiger partial charge in [-0.25, -0.2) is 0 Å². The van der Waals surface area contributed by atoms with Crippen LogP contribution in [0.1, 0.15) is 32.3 Å². The van der Waals surface area contributed by atoms with Crippen molar-refractivity contribution in [2.45, 2.75) is 32.8 Å². The molecule has 2 heteroatoms. The van der Waals surface area contributed by atoms with E-state index in [0.717, 1.165) is 12.8 Å². The minimum atomic E-state index is -0.307. The lowest BCUT2D eigenvalue weighted by molar-refractivity contribution is 0.146. The monoisotopic (exact) mass is 258 g/mol. The minimum Gasteiger partial charge on any atom is -0.389 e. The largest absolute Gasteiger partial charge is 0.389 e. The van der Waals surface area contributed by atoms with E-state index >= 15 is 0 Å². The first-order valence-electron chi connectivity index (χ1n) is 6.40. The van der Waals surface area contributed by atoms with Gasteiger partial charge >= 0.3 is 0 Å². The van der Waals surface area contributed by atoms with Crippen LogP contribution < -0.4 is 0 Å². The minimum absolute atomic E-state index is 0.183. The average Bonchev–Trinajstić information content (AvgIpc) is 2.73. The first-order chi connectivity index (χ1) is 8.55. The summed E-state index contributed by atoms with van der Waals surface area (Å²) in [6, 6.07) is 8.60. The van der Waals surface area contributed by atoms with Crippen molar-refractivity contribution in [1.82, 2.24) is 0 Å². The van der Waals surface area contributed by atoms with Gasteiger partial charge in [0.05, 0.1) is 6.10 Å². The summed E-state index contributed by atoms with van der Waals surface area (Å²) in [5, 5.41) is 13.5. The van der Waals surface area contributed by atoms with Crippen LogP contribution in [-0.2, 0) is 0 Å². The molecule has 94 valence electrons. The second-order valence-electron chi connectivity index (χ2n) is 5.95. The van der Waals surface area contributed by atoms with Crippen LogP contribution in [0.25, 0.3) is 15.7 Å². The van der Waals surface area contributed by atoms with Crippen LogP contribution in [-0.4, -0.2) is 11.2 Å².